The summed E-state index contributed by atoms with van der Waals surface area (Å²) in [5, 5.41) is 18.5. The summed E-state index contributed by atoms with van der Waals surface area (Å²) in [7, 11) is 0. The average molecular weight is 686 g/mol. The van der Waals surface area contributed by atoms with Crippen LogP contribution in [0.4, 0.5) is 5.69 Å². The molecule has 0 aliphatic carbocycles. The van der Waals surface area contributed by atoms with Crippen LogP contribution >= 0.6 is 11.6 Å². The summed E-state index contributed by atoms with van der Waals surface area (Å²) < 4.78 is 7.22. The lowest BCUT2D eigenvalue weighted by atomic mass is 9.93. The van der Waals surface area contributed by atoms with Crippen molar-refractivity contribution >= 4 is 35.0 Å². The van der Waals surface area contributed by atoms with Crippen LogP contribution in [0, 0.1) is 6.92 Å². The number of carbonyl (C=O) groups is 3. The Kier molecular flexibility index (Phi) is 12.1. The number of carbonyl (C=O) groups excluding carboxylic acids is 3. The lowest BCUT2D eigenvalue weighted by molar-refractivity contribution is -0.118. The van der Waals surface area contributed by atoms with Gasteiger partial charge in [-0.05, 0) is 85.8 Å². The van der Waals surface area contributed by atoms with Crippen molar-refractivity contribution in [1.29, 1.82) is 0 Å². The molecule has 1 aliphatic heterocycles. The number of aliphatic hydroxyl groups is 1. The number of aromatic nitrogens is 2. The zero-order valence-electron chi connectivity index (χ0n) is 28.3. The molecule has 1 aromatic heterocycles. The van der Waals surface area contributed by atoms with Crippen LogP contribution in [-0.4, -0.2) is 74.8 Å². The molecule has 2 N–H and O–H groups in total. The third-order valence-corrected chi connectivity index (χ3v) is 8.96. The Morgan fingerprint density at radius 2 is 1.67 bits per heavy atom. The summed E-state index contributed by atoms with van der Waals surface area (Å²) >= 11 is 5.95. The predicted octanol–water partition coefficient (Wildman–Crippen LogP) is 6.45. The molecule has 0 unspecified atom stereocenters. The fraction of sp³-hybridized carbons (Fsp3) is 0.368. The summed E-state index contributed by atoms with van der Waals surface area (Å²) in [6.07, 6.45) is 4.26. The molecule has 1 aliphatic rings. The fourth-order valence-corrected chi connectivity index (χ4v) is 6.11. The summed E-state index contributed by atoms with van der Waals surface area (Å²) in [4.78, 5) is 44.6. The van der Waals surface area contributed by atoms with E-state index < -0.39 is 11.9 Å². The number of aryl methyl sites for hydroxylation is 1. The van der Waals surface area contributed by atoms with Gasteiger partial charge in [-0.25, -0.2) is 4.68 Å². The van der Waals surface area contributed by atoms with Crippen molar-refractivity contribution < 1.29 is 24.2 Å². The molecule has 3 amide bonds. The average Bonchev–Trinajstić information content (AvgIpc) is 3.51. The zero-order valence-corrected chi connectivity index (χ0v) is 29.1. The summed E-state index contributed by atoms with van der Waals surface area (Å²) in [5.41, 5.74) is 4.21. The number of hydrogen-bond donors (Lipinski definition) is 2. The molecule has 0 saturated carbocycles. The first-order valence-corrected chi connectivity index (χ1v) is 17.3. The molecule has 0 bridgehead atoms. The number of aliphatic hydroxyl groups excluding tert-OH is 1. The Balaban J connectivity index is 1.48. The number of benzene rings is 3. The SMILES string of the molecule is CCCCN(CCCC)C(=O)c1cc(C)n(-c2ccc(NC(=O)COc3ccc(Cl)cc3)cc2C(=O)N2Cc3ccccc3C[C@H]2CO)n1. The van der Waals surface area contributed by atoms with E-state index in [-0.39, 0.29) is 30.6 Å². The Morgan fingerprint density at radius 3 is 2.35 bits per heavy atom. The zero-order chi connectivity index (χ0) is 34.9. The van der Waals surface area contributed by atoms with E-state index in [1.165, 1.54) is 0 Å². The third kappa shape index (κ3) is 8.68. The van der Waals surface area contributed by atoms with E-state index in [0.717, 1.165) is 36.8 Å². The van der Waals surface area contributed by atoms with E-state index in [1.807, 2.05) is 36.1 Å². The Labute approximate surface area is 292 Å². The van der Waals surface area contributed by atoms with E-state index >= 15 is 0 Å². The van der Waals surface area contributed by atoms with Crippen LogP contribution in [0.5, 0.6) is 5.75 Å². The quantitative estimate of drug-likeness (QED) is 0.158. The second-order valence-electron chi connectivity index (χ2n) is 12.3. The van der Waals surface area contributed by atoms with Gasteiger partial charge in [0.2, 0.25) is 0 Å². The molecule has 2 heterocycles. The van der Waals surface area contributed by atoms with E-state index in [0.29, 0.717) is 59.6 Å². The molecule has 3 aromatic carbocycles. The molecule has 258 valence electrons. The monoisotopic (exact) mass is 685 g/mol. The van der Waals surface area contributed by atoms with Crippen molar-refractivity contribution in [2.75, 3.05) is 31.6 Å². The minimum absolute atomic E-state index is 0.144. The highest BCUT2D eigenvalue weighted by Gasteiger charge is 2.32. The van der Waals surface area contributed by atoms with Gasteiger partial charge in [0.25, 0.3) is 17.7 Å². The lowest BCUT2D eigenvalue weighted by Crippen LogP contribution is -2.46. The van der Waals surface area contributed by atoms with Crippen LogP contribution in [0.15, 0.2) is 72.8 Å². The van der Waals surface area contributed by atoms with Crippen LogP contribution in [0.3, 0.4) is 0 Å². The van der Waals surface area contributed by atoms with Gasteiger partial charge in [0.1, 0.15) is 5.75 Å². The number of fused-ring (bicyclic) bond motifs is 1. The molecule has 5 rings (SSSR count). The summed E-state index contributed by atoms with van der Waals surface area (Å²) in [5.74, 6) is -0.390. The second-order valence-corrected chi connectivity index (χ2v) is 12.8. The number of anilines is 1. The number of nitrogens with zero attached hydrogens (tertiary/aromatic N) is 4. The molecule has 11 heteroatoms. The normalized spacial score (nSPS) is 13.9. The standard InChI is InChI=1S/C38H44ClN5O5/c1-4-6-18-42(19-7-5-2)38(48)34-20-26(3)44(41-34)35-17-14-30(40-36(46)25-49-32-15-12-29(39)13-16-32)22-33(35)37(47)43-23-28-11-9-8-10-27(28)21-31(43)24-45/h8-17,20,22,31,45H,4-7,18-19,21,23-25H2,1-3H3,(H,40,46)/t31-/m0/s1. The van der Waals surface area contributed by atoms with E-state index in [4.69, 9.17) is 21.4 Å². The van der Waals surface area contributed by atoms with Crippen molar-refractivity contribution in [2.24, 2.45) is 0 Å². The first-order valence-electron chi connectivity index (χ1n) is 16.9. The van der Waals surface area contributed by atoms with Crippen molar-refractivity contribution in [2.45, 2.75) is 65.5 Å². The number of rotatable bonds is 14. The van der Waals surface area contributed by atoms with Crippen molar-refractivity contribution in [3.05, 3.63) is 106 Å². The Hall–Kier alpha value is -4.67. The summed E-state index contributed by atoms with van der Waals surface area (Å²) in [6.45, 7) is 7.20. The lowest BCUT2D eigenvalue weighted by Gasteiger charge is -2.36. The topological polar surface area (TPSA) is 117 Å². The molecule has 0 radical (unpaired) electrons. The van der Waals surface area contributed by atoms with Crippen LogP contribution in [0.25, 0.3) is 5.69 Å². The van der Waals surface area contributed by atoms with Crippen LogP contribution in [0.1, 0.15) is 77.2 Å². The molecule has 4 aromatic rings. The highest BCUT2D eigenvalue weighted by molar-refractivity contribution is 6.30. The van der Waals surface area contributed by atoms with Gasteiger partial charge in [0.05, 0.1) is 23.9 Å². The number of ether oxygens (including phenoxy) is 1. The molecule has 49 heavy (non-hydrogen) atoms. The van der Waals surface area contributed by atoms with Crippen LogP contribution in [-0.2, 0) is 17.8 Å². The van der Waals surface area contributed by atoms with Crippen molar-refractivity contribution in [1.82, 2.24) is 19.6 Å². The van der Waals surface area contributed by atoms with Gasteiger partial charge in [-0.15, -0.1) is 0 Å². The fourth-order valence-electron chi connectivity index (χ4n) is 5.99. The molecular formula is C38H44ClN5O5. The van der Waals surface area contributed by atoms with Gasteiger partial charge in [-0.1, -0.05) is 62.6 Å². The molecule has 10 nitrogen and oxygen atoms in total. The minimum Gasteiger partial charge on any atom is -0.484 e. The number of unbranched alkanes of at least 4 members (excludes halogenated alkanes) is 2. The largest absolute Gasteiger partial charge is 0.484 e. The highest BCUT2D eigenvalue weighted by Crippen LogP contribution is 2.29. The van der Waals surface area contributed by atoms with E-state index in [9.17, 15) is 19.5 Å². The minimum atomic E-state index is -0.442. The van der Waals surface area contributed by atoms with Gasteiger partial charge in [-0.2, -0.15) is 5.10 Å². The van der Waals surface area contributed by atoms with E-state index in [1.54, 1.807) is 58.1 Å². The molecule has 1 atom stereocenters. The Morgan fingerprint density at radius 1 is 0.980 bits per heavy atom. The van der Waals surface area contributed by atoms with Crippen LogP contribution < -0.4 is 10.1 Å². The maximum Gasteiger partial charge on any atom is 0.274 e. The van der Waals surface area contributed by atoms with Gasteiger partial charge in [-0.3, -0.25) is 14.4 Å². The summed E-state index contributed by atoms with van der Waals surface area (Å²) in [6, 6.07) is 20.9. The number of hydrogen-bond acceptors (Lipinski definition) is 6. The predicted molar refractivity (Wildman–Crippen MR) is 190 cm³/mol. The van der Waals surface area contributed by atoms with Crippen molar-refractivity contribution in [3.8, 4) is 11.4 Å². The smallest absolute Gasteiger partial charge is 0.274 e. The van der Waals surface area contributed by atoms with Gasteiger partial charge < -0.3 is 25.0 Å². The van der Waals surface area contributed by atoms with Crippen LogP contribution in [0.2, 0.25) is 5.02 Å². The highest BCUT2D eigenvalue weighted by atomic mass is 35.5. The van der Waals surface area contributed by atoms with E-state index in [2.05, 4.69) is 19.2 Å². The maximum atomic E-state index is 14.5. The first-order chi connectivity index (χ1) is 23.7. The third-order valence-electron chi connectivity index (χ3n) is 8.71. The number of halogens is 1. The van der Waals surface area contributed by atoms with Crippen molar-refractivity contribution in [3.63, 3.8) is 0 Å². The molecule has 0 fully saturated rings. The number of amides is 3. The first kappa shape index (κ1) is 35.6. The van der Waals surface area contributed by atoms with Gasteiger partial charge in [0.15, 0.2) is 12.3 Å². The molecular weight excluding hydrogens is 642 g/mol. The van der Waals surface area contributed by atoms with Gasteiger partial charge in [0, 0.05) is 36.0 Å². The second kappa shape index (κ2) is 16.6. The molecule has 0 spiro atoms. The maximum absolute atomic E-state index is 14.5. The number of nitrogens with one attached hydrogen (secondary N) is 1. The Bertz CT molecular complexity index is 1760. The molecule has 0 saturated heterocycles. The van der Waals surface area contributed by atoms with Gasteiger partial charge >= 0.3 is 0 Å².